The van der Waals surface area contributed by atoms with Crippen molar-refractivity contribution in [1.82, 2.24) is 14.9 Å². The topological polar surface area (TPSA) is 92.1 Å². The number of benzene rings is 1. The van der Waals surface area contributed by atoms with Crippen molar-refractivity contribution >= 4 is 40.3 Å². The van der Waals surface area contributed by atoms with Crippen molar-refractivity contribution in [1.29, 1.82) is 0 Å². The number of imidazole rings is 1. The number of amides is 2. The Bertz CT molecular complexity index is 753. The number of fused-ring (bicyclic) bond motifs is 1. The third-order valence-corrected chi connectivity index (χ3v) is 4.86. The van der Waals surface area contributed by atoms with E-state index in [0.29, 0.717) is 10.8 Å². The maximum atomic E-state index is 12.3. The quantitative estimate of drug-likeness (QED) is 0.662. The third-order valence-electron chi connectivity index (χ3n) is 3.79. The number of aromatic amines is 1. The zero-order valence-corrected chi connectivity index (χ0v) is 12.0. The van der Waals surface area contributed by atoms with Gasteiger partial charge in [-0.3, -0.25) is 14.5 Å². The number of aromatic nitrogens is 2. The standard InChI is InChI=1S/C14H14N4O2S/c15-7-1-4-9-10(5-7)17-14(16-9)21-11-6-12(19)18(13(11)20)8-2-3-8/h1,4-5,8,11H,2-3,6,15H2,(H,16,17). The summed E-state index contributed by atoms with van der Waals surface area (Å²) < 4.78 is 0. The Hall–Kier alpha value is -2.02. The molecular formula is C14H14N4O2S. The lowest BCUT2D eigenvalue weighted by Gasteiger charge is -2.12. The fraction of sp³-hybridized carbons (Fsp3) is 0.357. The van der Waals surface area contributed by atoms with Crippen molar-refractivity contribution < 1.29 is 9.59 Å². The summed E-state index contributed by atoms with van der Waals surface area (Å²) in [6.07, 6.45) is 2.15. The molecule has 1 aromatic heterocycles. The second-order valence-corrected chi connectivity index (χ2v) is 6.65. The van der Waals surface area contributed by atoms with Gasteiger partial charge in [0, 0.05) is 18.2 Å². The maximum Gasteiger partial charge on any atom is 0.243 e. The predicted octanol–water partition coefficient (Wildman–Crippen LogP) is 1.53. The molecule has 1 aliphatic carbocycles. The second kappa shape index (κ2) is 4.49. The van der Waals surface area contributed by atoms with Crippen molar-refractivity contribution in [3.05, 3.63) is 18.2 Å². The highest BCUT2D eigenvalue weighted by atomic mass is 32.2. The van der Waals surface area contributed by atoms with Crippen molar-refractivity contribution in [3.8, 4) is 0 Å². The number of nitrogens with zero attached hydrogens (tertiary/aromatic N) is 2. The molecule has 2 heterocycles. The Morgan fingerprint density at radius 2 is 2.14 bits per heavy atom. The Kier molecular flexibility index (Phi) is 2.72. The van der Waals surface area contributed by atoms with Gasteiger partial charge in [0.25, 0.3) is 0 Å². The van der Waals surface area contributed by atoms with Crippen LogP contribution in [-0.4, -0.2) is 38.0 Å². The fourth-order valence-electron chi connectivity index (χ4n) is 2.63. The molecule has 21 heavy (non-hydrogen) atoms. The molecule has 1 saturated carbocycles. The Morgan fingerprint density at radius 3 is 2.90 bits per heavy atom. The number of imide groups is 1. The number of rotatable bonds is 3. The summed E-state index contributed by atoms with van der Waals surface area (Å²) in [5.74, 6) is -0.132. The van der Waals surface area contributed by atoms with Crippen LogP contribution in [0.2, 0.25) is 0 Å². The number of hydrogen-bond donors (Lipinski definition) is 2. The summed E-state index contributed by atoms with van der Waals surface area (Å²) in [7, 11) is 0. The van der Waals surface area contributed by atoms with Crippen LogP contribution in [0.25, 0.3) is 11.0 Å². The number of thioether (sulfide) groups is 1. The van der Waals surface area contributed by atoms with E-state index in [1.807, 2.05) is 12.1 Å². The summed E-state index contributed by atoms with van der Waals surface area (Å²) in [5.41, 5.74) is 8.05. The number of likely N-dealkylation sites (tertiary alicyclic amines) is 1. The van der Waals surface area contributed by atoms with E-state index in [-0.39, 0.29) is 29.5 Å². The average molecular weight is 302 g/mol. The Morgan fingerprint density at radius 1 is 1.33 bits per heavy atom. The predicted molar refractivity (Wildman–Crippen MR) is 79.6 cm³/mol. The molecule has 0 bridgehead atoms. The molecule has 2 aliphatic rings. The number of H-pyrrole nitrogens is 1. The average Bonchev–Trinajstić information content (AvgIpc) is 3.12. The lowest BCUT2D eigenvalue weighted by molar-refractivity contribution is -0.138. The van der Waals surface area contributed by atoms with Crippen molar-refractivity contribution in [2.45, 2.75) is 35.7 Å². The first-order chi connectivity index (χ1) is 10.1. The zero-order valence-electron chi connectivity index (χ0n) is 11.2. The smallest absolute Gasteiger partial charge is 0.243 e. The molecule has 4 rings (SSSR count). The maximum absolute atomic E-state index is 12.3. The SMILES string of the molecule is Nc1ccc2nc(SC3CC(=O)N(C4CC4)C3=O)[nH]c2c1. The molecule has 2 amide bonds. The number of nitrogens with one attached hydrogen (secondary N) is 1. The summed E-state index contributed by atoms with van der Waals surface area (Å²) >= 11 is 1.32. The Labute approximate surface area is 125 Å². The summed E-state index contributed by atoms with van der Waals surface area (Å²) in [6.45, 7) is 0. The van der Waals surface area contributed by atoms with E-state index >= 15 is 0 Å². The molecule has 1 unspecified atom stereocenters. The number of anilines is 1. The number of nitrogen functional groups attached to an aromatic ring is 1. The molecule has 3 N–H and O–H groups in total. The van der Waals surface area contributed by atoms with E-state index in [0.717, 1.165) is 23.9 Å². The molecule has 7 heteroatoms. The second-order valence-electron chi connectivity index (χ2n) is 5.46. The number of carbonyl (C=O) groups is 2. The minimum atomic E-state index is -0.365. The van der Waals surface area contributed by atoms with Crippen LogP contribution < -0.4 is 5.73 Å². The van der Waals surface area contributed by atoms with Crippen molar-refractivity contribution in [2.75, 3.05) is 5.73 Å². The highest BCUT2D eigenvalue weighted by Crippen LogP contribution is 2.37. The Balaban J connectivity index is 1.57. The summed E-state index contributed by atoms with van der Waals surface area (Å²) in [6, 6.07) is 5.58. The fourth-order valence-corrected chi connectivity index (χ4v) is 3.65. The van der Waals surface area contributed by atoms with Crippen LogP contribution in [0.3, 0.4) is 0 Å². The van der Waals surface area contributed by atoms with E-state index in [9.17, 15) is 9.59 Å². The monoisotopic (exact) mass is 302 g/mol. The molecule has 0 spiro atoms. The van der Waals surface area contributed by atoms with Gasteiger partial charge in [0.05, 0.1) is 11.0 Å². The minimum absolute atomic E-state index is 0.0552. The van der Waals surface area contributed by atoms with Gasteiger partial charge >= 0.3 is 0 Å². The first-order valence-electron chi connectivity index (χ1n) is 6.89. The molecule has 6 nitrogen and oxygen atoms in total. The van der Waals surface area contributed by atoms with Gasteiger partial charge < -0.3 is 10.7 Å². The van der Waals surface area contributed by atoms with Crippen LogP contribution in [0.1, 0.15) is 19.3 Å². The van der Waals surface area contributed by atoms with Crippen LogP contribution in [-0.2, 0) is 9.59 Å². The van der Waals surface area contributed by atoms with Gasteiger partial charge in [-0.05, 0) is 31.0 Å². The number of carbonyl (C=O) groups excluding carboxylic acids is 2. The highest BCUT2D eigenvalue weighted by molar-refractivity contribution is 8.00. The van der Waals surface area contributed by atoms with E-state index in [1.54, 1.807) is 6.07 Å². The van der Waals surface area contributed by atoms with E-state index in [4.69, 9.17) is 5.73 Å². The van der Waals surface area contributed by atoms with Gasteiger partial charge in [0.15, 0.2) is 5.16 Å². The molecule has 0 radical (unpaired) electrons. The molecular weight excluding hydrogens is 288 g/mol. The van der Waals surface area contributed by atoms with Gasteiger partial charge in [-0.25, -0.2) is 4.98 Å². The molecule has 1 aromatic carbocycles. The number of hydrogen-bond acceptors (Lipinski definition) is 5. The van der Waals surface area contributed by atoms with Crippen LogP contribution in [0, 0.1) is 0 Å². The summed E-state index contributed by atoms with van der Waals surface area (Å²) in [5, 5.41) is 0.287. The van der Waals surface area contributed by atoms with Gasteiger partial charge in [-0.2, -0.15) is 0 Å². The first-order valence-corrected chi connectivity index (χ1v) is 7.77. The van der Waals surface area contributed by atoms with E-state index in [1.165, 1.54) is 16.7 Å². The molecule has 2 aromatic rings. The first kappa shape index (κ1) is 12.7. The molecule has 1 atom stereocenters. The van der Waals surface area contributed by atoms with Gasteiger partial charge in [0.1, 0.15) is 5.25 Å². The van der Waals surface area contributed by atoms with Crippen LogP contribution >= 0.6 is 11.8 Å². The number of nitrogens with two attached hydrogens (primary N) is 1. The van der Waals surface area contributed by atoms with Gasteiger partial charge in [-0.1, -0.05) is 11.8 Å². The molecule has 2 fully saturated rings. The third kappa shape index (κ3) is 2.17. The normalized spacial score (nSPS) is 22.5. The summed E-state index contributed by atoms with van der Waals surface area (Å²) in [4.78, 5) is 33.2. The van der Waals surface area contributed by atoms with Crippen molar-refractivity contribution in [2.24, 2.45) is 0 Å². The van der Waals surface area contributed by atoms with Crippen molar-refractivity contribution in [3.63, 3.8) is 0 Å². The lowest BCUT2D eigenvalue weighted by atomic mass is 10.3. The lowest BCUT2D eigenvalue weighted by Crippen LogP contribution is -2.33. The molecule has 108 valence electrons. The largest absolute Gasteiger partial charge is 0.399 e. The zero-order chi connectivity index (χ0) is 14.6. The van der Waals surface area contributed by atoms with E-state index < -0.39 is 0 Å². The van der Waals surface area contributed by atoms with Crippen LogP contribution in [0.4, 0.5) is 5.69 Å². The van der Waals surface area contributed by atoms with Gasteiger partial charge in [-0.15, -0.1) is 0 Å². The van der Waals surface area contributed by atoms with Crippen LogP contribution in [0.15, 0.2) is 23.4 Å². The van der Waals surface area contributed by atoms with Gasteiger partial charge in [0.2, 0.25) is 11.8 Å². The molecule has 1 aliphatic heterocycles. The van der Waals surface area contributed by atoms with Crippen LogP contribution in [0.5, 0.6) is 0 Å². The minimum Gasteiger partial charge on any atom is -0.399 e. The molecule has 1 saturated heterocycles. The van der Waals surface area contributed by atoms with E-state index in [2.05, 4.69) is 9.97 Å². The highest BCUT2D eigenvalue weighted by Gasteiger charge is 2.46.